The first-order chi connectivity index (χ1) is 11.4. The van der Waals surface area contributed by atoms with Gasteiger partial charge in [0.25, 0.3) is 0 Å². The summed E-state index contributed by atoms with van der Waals surface area (Å²) in [6.07, 6.45) is -1.19. The van der Waals surface area contributed by atoms with E-state index in [1.807, 2.05) is 0 Å². The van der Waals surface area contributed by atoms with Gasteiger partial charge in [-0.3, -0.25) is 5.32 Å². The minimum Gasteiger partial charge on any atom is -0.438 e. The molecule has 24 heavy (non-hydrogen) atoms. The predicted molar refractivity (Wildman–Crippen MR) is 95.5 cm³/mol. The van der Waals surface area contributed by atoms with Gasteiger partial charge in [0.05, 0.1) is 21.1 Å². The van der Waals surface area contributed by atoms with Crippen molar-refractivity contribution in [2.75, 3.05) is 11.1 Å². The monoisotopic (exact) mass is 364 g/mol. The maximum absolute atomic E-state index is 12.0. The second kappa shape index (κ2) is 6.59. The third-order valence-corrected chi connectivity index (χ3v) is 4.10. The van der Waals surface area contributed by atoms with Gasteiger partial charge in [-0.25, -0.2) is 9.78 Å². The van der Waals surface area contributed by atoms with Gasteiger partial charge in [0.2, 0.25) is 0 Å². The summed E-state index contributed by atoms with van der Waals surface area (Å²) in [5.74, 6) is 0.528. The summed E-state index contributed by atoms with van der Waals surface area (Å²) in [5, 5.41) is 3.34. The van der Waals surface area contributed by atoms with E-state index in [0.717, 1.165) is 11.0 Å². The van der Waals surface area contributed by atoms with E-state index in [0.29, 0.717) is 27.2 Å². The fourth-order valence-corrected chi connectivity index (χ4v) is 2.48. The summed E-state index contributed by atoms with van der Waals surface area (Å²) in [5.41, 5.74) is 8.38. The number of halogens is 2. The van der Waals surface area contributed by atoms with Crippen molar-refractivity contribution in [2.45, 2.75) is 13.0 Å². The molecule has 0 unspecified atom stereocenters. The Morgan fingerprint density at radius 2 is 2.04 bits per heavy atom. The van der Waals surface area contributed by atoms with Crippen molar-refractivity contribution in [1.29, 1.82) is 0 Å². The number of amides is 1. The Hall–Kier alpha value is -2.44. The van der Waals surface area contributed by atoms with Crippen molar-refractivity contribution in [3.05, 3.63) is 52.3 Å². The number of benzene rings is 2. The lowest BCUT2D eigenvalue weighted by Crippen LogP contribution is -2.16. The zero-order valence-corrected chi connectivity index (χ0v) is 14.2. The highest BCUT2D eigenvalue weighted by atomic mass is 35.5. The van der Waals surface area contributed by atoms with Crippen LogP contribution in [0.5, 0.6) is 0 Å². The number of hydrogen-bond acceptors (Lipinski definition) is 4. The zero-order chi connectivity index (χ0) is 17.3. The van der Waals surface area contributed by atoms with Crippen LogP contribution in [0, 0.1) is 0 Å². The third-order valence-electron chi connectivity index (χ3n) is 3.36. The molecule has 1 atom stereocenters. The number of H-pyrrole nitrogens is 1. The lowest BCUT2D eigenvalue weighted by molar-refractivity contribution is 0.117. The van der Waals surface area contributed by atoms with Crippen molar-refractivity contribution in [3.63, 3.8) is 0 Å². The highest BCUT2D eigenvalue weighted by Gasteiger charge is 2.16. The van der Waals surface area contributed by atoms with Gasteiger partial charge in [-0.2, -0.15) is 0 Å². The number of carbonyl (C=O) groups excluding carboxylic acids is 1. The fourth-order valence-electron chi connectivity index (χ4n) is 2.18. The predicted octanol–water partition coefficient (Wildman–Crippen LogP) is 4.76. The van der Waals surface area contributed by atoms with Crippen LogP contribution in [0.2, 0.25) is 10.0 Å². The Morgan fingerprint density at radius 3 is 2.79 bits per heavy atom. The zero-order valence-electron chi connectivity index (χ0n) is 12.6. The van der Waals surface area contributed by atoms with E-state index < -0.39 is 12.2 Å². The van der Waals surface area contributed by atoms with Crippen molar-refractivity contribution in [3.8, 4) is 0 Å². The van der Waals surface area contributed by atoms with Crippen LogP contribution in [-0.4, -0.2) is 16.1 Å². The number of nitrogen functional groups attached to an aromatic ring is 1. The molecule has 1 amide bonds. The molecule has 2 aromatic carbocycles. The Labute approximate surface area is 147 Å². The largest absolute Gasteiger partial charge is 0.438 e. The number of nitrogens with two attached hydrogens (primary N) is 1. The molecule has 8 heteroatoms. The van der Waals surface area contributed by atoms with Crippen molar-refractivity contribution in [1.82, 2.24) is 9.97 Å². The second-order valence-corrected chi connectivity index (χ2v) is 6.01. The second-order valence-electron chi connectivity index (χ2n) is 5.20. The molecule has 4 N–H and O–H groups in total. The van der Waals surface area contributed by atoms with Gasteiger partial charge in [0, 0.05) is 11.4 Å². The molecule has 0 aliphatic rings. The van der Waals surface area contributed by atoms with E-state index in [1.54, 1.807) is 43.3 Å². The van der Waals surface area contributed by atoms with E-state index in [1.165, 1.54) is 0 Å². The van der Waals surface area contributed by atoms with Crippen LogP contribution in [0.1, 0.15) is 18.9 Å². The van der Waals surface area contributed by atoms with E-state index in [2.05, 4.69) is 15.3 Å². The summed E-state index contributed by atoms with van der Waals surface area (Å²) >= 11 is 11.7. The highest BCUT2D eigenvalue weighted by molar-refractivity contribution is 6.42. The number of nitrogens with zero attached hydrogens (tertiary/aromatic N) is 1. The van der Waals surface area contributed by atoms with Crippen molar-refractivity contribution in [2.24, 2.45) is 0 Å². The first-order valence-corrected chi connectivity index (χ1v) is 7.86. The van der Waals surface area contributed by atoms with Crippen LogP contribution >= 0.6 is 23.2 Å². The van der Waals surface area contributed by atoms with Crippen LogP contribution in [0.15, 0.2) is 36.4 Å². The molecule has 0 radical (unpaired) electrons. The summed E-state index contributed by atoms with van der Waals surface area (Å²) in [7, 11) is 0. The molecule has 0 bridgehead atoms. The number of anilines is 2. The standard InChI is InChI=1S/C16H14Cl2N4O2/c1-8(15-21-13-5-2-9(19)6-14(13)22-15)24-16(23)20-10-3-4-11(17)12(18)7-10/h2-8H,19H2,1H3,(H,20,23)(H,21,22)/t8-/m0/s1. The number of carbonyl (C=O) groups is 1. The molecule has 1 heterocycles. The molecule has 0 fully saturated rings. The van der Waals surface area contributed by atoms with Gasteiger partial charge in [-0.1, -0.05) is 23.2 Å². The van der Waals surface area contributed by atoms with Crippen LogP contribution in [0.3, 0.4) is 0 Å². The van der Waals surface area contributed by atoms with Gasteiger partial charge in [0.1, 0.15) is 5.82 Å². The number of aromatic amines is 1. The lowest BCUT2D eigenvalue weighted by Gasteiger charge is -2.12. The molecule has 0 saturated carbocycles. The molecular formula is C16H14Cl2N4O2. The number of fused-ring (bicyclic) bond motifs is 1. The van der Waals surface area contributed by atoms with Crippen LogP contribution in [-0.2, 0) is 4.74 Å². The topological polar surface area (TPSA) is 93.0 Å². The average molecular weight is 365 g/mol. The minimum atomic E-state index is -0.624. The molecule has 0 saturated heterocycles. The molecule has 6 nitrogen and oxygen atoms in total. The smallest absolute Gasteiger partial charge is 0.412 e. The van der Waals surface area contributed by atoms with Gasteiger partial charge < -0.3 is 15.5 Å². The summed E-state index contributed by atoms with van der Waals surface area (Å²) in [4.78, 5) is 19.5. The first-order valence-electron chi connectivity index (χ1n) is 7.10. The Morgan fingerprint density at radius 1 is 1.25 bits per heavy atom. The highest BCUT2D eigenvalue weighted by Crippen LogP contribution is 2.26. The Kier molecular flexibility index (Phi) is 4.51. The maximum atomic E-state index is 12.0. The fraction of sp³-hybridized carbons (Fsp3) is 0.125. The van der Waals surface area contributed by atoms with Crippen molar-refractivity contribution < 1.29 is 9.53 Å². The number of hydrogen-bond donors (Lipinski definition) is 3. The van der Waals surface area contributed by atoms with Gasteiger partial charge in [0.15, 0.2) is 6.10 Å². The molecule has 1 aromatic heterocycles. The summed E-state index contributed by atoms with van der Waals surface area (Å²) < 4.78 is 5.32. The molecular weight excluding hydrogens is 351 g/mol. The summed E-state index contributed by atoms with van der Waals surface area (Å²) in [6, 6.07) is 10.1. The summed E-state index contributed by atoms with van der Waals surface area (Å²) in [6.45, 7) is 1.72. The Balaban J connectivity index is 1.69. The molecule has 124 valence electrons. The van der Waals surface area contributed by atoms with Crippen LogP contribution < -0.4 is 11.1 Å². The SMILES string of the molecule is C[C@H](OC(=O)Nc1ccc(Cl)c(Cl)c1)c1nc2ccc(N)cc2[nH]1. The van der Waals surface area contributed by atoms with E-state index in [-0.39, 0.29) is 0 Å². The van der Waals surface area contributed by atoms with E-state index >= 15 is 0 Å². The van der Waals surface area contributed by atoms with Crippen molar-refractivity contribution >= 4 is 51.7 Å². The molecule has 0 spiro atoms. The van der Waals surface area contributed by atoms with Crippen LogP contribution in [0.4, 0.5) is 16.2 Å². The number of aromatic nitrogens is 2. The van der Waals surface area contributed by atoms with Gasteiger partial charge >= 0.3 is 6.09 Å². The van der Waals surface area contributed by atoms with E-state index in [4.69, 9.17) is 33.7 Å². The number of nitrogens with one attached hydrogen (secondary N) is 2. The molecule has 0 aliphatic carbocycles. The molecule has 0 aliphatic heterocycles. The first kappa shape index (κ1) is 16.4. The Bertz CT molecular complexity index is 910. The molecule has 3 aromatic rings. The van der Waals surface area contributed by atoms with Gasteiger partial charge in [-0.05, 0) is 43.3 Å². The quantitative estimate of drug-likeness (QED) is 0.584. The van der Waals surface area contributed by atoms with Crippen LogP contribution in [0.25, 0.3) is 11.0 Å². The normalized spacial score (nSPS) is 12.1. The number of ether oxygens (including phenoxy) is 1. The average Bonchev–Trinajstić information content (AvgIpc) is 2.94. The number of imidazole rings is 1. The third kappa shape index (κ3) is 3.55. The van der Waals surface area contributed by atoms with E-state index in [9.17, 15) is 4.79 Å². The maximum Gasteiger partial charge on any atom is 0.412 e. The minimum absolute atomic E-state index is 0.345. The lowest BCUT2D eigenvalue weighted by atomic mass is 10.3. The van der Waals surface area contributed by atoms with Gasteiger partial charge in [-0.15, -0.1) is 0 Å². The molecule has 3 rings (SSSR count). The number of rotatable bonds is 3.